The van der Waals surface area contributed by atoms with Gasteiger partial charge < -0.3 is 9.84 Å². The zero-order valence-corrected chi connectivity index (χ0v) is 13.3. The SMILES string of the molecule is C[C@@H]1CN(S(=O)(=O)CCOCc2ccccc2)C[C@H]1C(=O)O. The van der Waals surface area contributed by atoms with E-state index in [2.05, 4.69) is 0 Å². The van der Waals surface area contributed by atoms with Crippen molar-refractivity contribution in [3.05, 3.63) is 35.9 Å². The first-order valence-electron chi connectivity index (χ1n) is 7.22. The Morgan fingerprint density at radius 2 is 2.00 bits per heavy atom. The Balaban J connectivity index is 1.81. The third-order valence-electron chi connectivity index (χ3n) is 3.89. The van der Waals surface area contributed by atoms with Crippen molar-refractivity contribution >= 4 is 16.0 Å². The van der Waals surface area contributed by atoms with Crippen LogP contribution in [-0.2, 0) is 26.2 Å². The van der Waals surface area contributed by atoms with Gasteiger partial charge in [0, 0.05) is 13.1 Å². The van der Waals surface area contributed by atoms with Gasteiger partial charge in [0.1, 0.15) is 0 Å². The average molecular weight is 327 g/mol. The van der Waals surface area contributed by atoms with Crippen molar-refractivity contribution in [1.82, 2.24) is 4.31 Å². The molecular weight excluding hydrogens is 306 g/mol. The van der Waals surface area contributed by atoms with E-state index < -0.39 is 21.9 Å². The molecular formula is C15H21NO5S. The summed E-state index contributed by atoms with van der Waals surface area (Å²) in [5.41, 5.74) is 0.987. The van der Waals surface area contributed by atoms with Crippen molar-refractivity contribution in [3.63, 3.8) is 0 Å². The van der Waals surface area contributed by atoms with Crippen molar-refractivity contribution in [1.29, 1.82) is 0 Å². The second-order valence-corrected chi connectivity index (χ2v) is 7.68. The summed E-state index contributed by atoms with van der Waals surface area (Å²) < 4.78 is 31.1. The summed E-state index contributed by atoms with van der Waals surface area (Å²) in [5, 5.41) is 9.06. The van der Waals surface area contributed by atoms with Crippen LogP contribution in [0.5, 0.6) is 0 Å². The normalized spacial score (nSPS) is 22.8. The second kappa shape index (κ2) is 7.21. The Labute approximate surface area is 130 Å². The molecule has 0 bridgehead atoms. The molecule has 1 aliphatic rings. The summed E-state index contributed by atoms with van der Waals surface area (Å²) in [5.74, 6) is -1.86. The maximum Gasteiger partial charge on any atom is 0.308 e. The summed E-state index contributed by atoms with van der Waals surface area (Å²) in [6.07, 6.45) is 0. The fourth-order valence-electron chi connectivity index (χ4n) is 2.53. The Bertz CT molecular complexity index is 602. The molecule has 1 aliphatic heterocycles. The van der Waals surface area contributed by atoms with E-state index in [1.807, 2.05) is 30.3 Å². The van der Waals surface area contributed by atoms with Crippen LogP contribution in [0.3, 0.4) is 0 Å². The number of nitrogens with zero attached hydrogens (tertiary/aromatic N) is 1. The second-order valence-electron chi connectivity index (χ2n) is 5.59. The zero-order chi connectivity index (χ0) is 16.2. The molecule has 122 valence electrons. The van der Waals surface area contributed by atoms with Gasteiger partial charge in [-0.15, -0.1) is 0 Å². The van der Waals surface area contributed by atoms with Crippen LogP contribution in [0.25, 0.3) is 0 Å². The Morgan fingerprint density at radius 1 is 1.32 bits per heavy atom. The Hall–Kier alpha value is -1.44. The van der Waals surface area contributed by atoms with Gasteiger partial charge in [-0.05, 0) is 11.5 Å². The molecule has 22 heavy (non-hydrogen) atoms. The number of carboxylic acids is 1. The predicted molar refractivity (Wildman–Crippen MR) is 81.7 cm³/mol. The number of sulfonamides is 1. The molecule has 1 fully saturated rings. The van der Waals surface area contributed by atoms with E-state index in [1.54, 1.807) is 6.92 Å². The molecule has 0 aliphatic carbocycles. The van der Waals surface area contributed by atoms with E-state index in [1.165, 1.54) is 4.31 Å². The molecule has 1 aromatic rings. The molecule has 0 spiro atoms. The smallest absolute Gasteiger partial charge is 0.308 e. The van der Waals surface area contributed by atoms with E-state index in [9.17, 15) is 13.2 Å². The molecule has 7 heteroatoms. The summed E-state index contributed by atoms with van der Waals surface area (Å²) in [6, 6.07) is 9.52. The van der Waals surface area contributed by atoms with Gasteiger partial charge in [0.25, 0.3) is 0 Å². The van der Waals surface area contributed by atoms with Gasteiger partial charge in [0.15, 0.2) is 0 Å². The van der Waals surface area contributed by atoms with Crippen molar-refractivity contribution in [2.45, 2.75) is 13.5 Å². The first kappa shape index (κ1) is 16.9. The highest BCUT2D eigenvalue weighted by Gasteiger charge is 2.39. The standard InChI is InChI=1S/C15H21NO5S/c1-12-9-16(10-14(12)15(17)18)22(19,20)8-7-21-11-13-5-3-2-4-6-13/h2-6,12,14H,7-11H2,1H3,(H,17,18)/t12-,14-/m1/s1. The lowest BCUT2D eigenvalue weighted by Gasteiger charge is -2.16. The van der Waals surface area contributed by atoms with Crippen LogP contribution >= 0.6 is 0 Å². The van der Waals surface area contributed by atoms with Crippen LogP contribution in [0, 0.1) is 11.8 Å². The highest BCUT2D eigenvalue weighted by molar-refractivity contribution is 7.89. The lowest BCUT2D eigenvalue weighted by Crippen LogP contribution is -2.33. The van der Waals surface area contributed by atoms with Gasteiger partial charge in [-0.2, -0.15) is 0 Å². The number of hydrogen-bond donors (Lipinski definition) is 1. The third-order valence-corrected chi connectivity index (χ3v) is 5.65. The van der Waals surface area contributed by atoms with Crippen LogP contribution in [0.15, 0.2) is 30.3 Å². The van der Waals surface area contributed by atoms with Gasteiger partial charge >= 0.3 is 5.97 Å². The van der Waals surface area contributed by atoms with Crippen LogP contribution < -0.4 is 0 Å². The number of ether oxygens (including phenoxy) is 1. The monoisotopic (exact) mass is 327 g/mol. The predicted octanol–water partition coefficient (Wildman–Crippen LogP) is 1.19. The van der Waals surface area contributed by atoms with Crippen molar-refractivity contribution in [2.75, 3.05) is 25.4 Å². The highest BCUT2D eigenvalue weighted by atomic mass is 32.2. The Morgan fingerprint density at radius 3 is 2.59 bits per heavy atom. The van der Waals surface area contributed by atoms with E-state index >= 15 is 0 Å². The molecule has 6 nitrogen and oxygen atoms in total. The third kappa shape index (κ3) is 4.28. The molecule has 0 radical (unpaired) electrons. The summed E-state index contributed by atoms with van der Waals surface area (Å²) in [7, 11) is -3.47. The van der Waals surface area contributed by atoms with E-state index in [4.69, 9.17) is 9.84 Å². The number of rotatable bonds is 7. The van der Waals surface area contributed by atoms with Gasteiger partial charge in [-0.25, -0.2) is 12.7 Å². The minimum atomic E-state index is -3.47. The average Bonchev–Trinajstić information content (AvgIpc) is 2.88. The fraction of sp³-hybridized carbons (Fsp3) is 0.533. The van der Waals surface area contributed by atoms with Gasteiger partial charge in [0.2, 0.25) is 10.0 Å². The molecule has 0 amide bonds. The molecule has 2 atom stereocenters. The minimum absolute atomic E-state index is 0.0531. The molecule has 0 saturated carbocycles. The minimum Gasteiger partial charge on any atom is -0.481 e. The summed E-state index contributed by atoms with van der Waals surface area (Å²) in [4.78, 5) is 11.1. The van der Waals surface area contributed by atoms with Gasteiger partial charge in [0.05, 0.1) is 24.9 Å². The Kier molecular flexibility index (Phi) is 5.55. The van der Waals surface area contributed by atoms with Crippen molar-refractivity contribution in [2.24, 2.45) is 11.8 Å². The maximum atomic E-state index is 12.2. The summed E-state index contributed by atoms with van der Waals surface area (Å²) >= 11 is 0. The largest absolute Gasteiger partial charge is 0.481 e. The number of carboxylic acid groups (broad SMARTS) is 1. The van der Waals surface area contributed by atoms with E-state index in [0.717, 1.165) is 5.56 Å². The fourth-order valence-corrected chi connectivity index (χ4v) is 3.97. The van der Waals surface area contributed by atoms with Crippen LogP contribution in [0.2, 0.25) is 0 Å². The molecule has 1 aromatic carbocycles. The molecule has 1 saturated heterocycles. The molecule has 0 unspecified atom stereocenters. The van der Waals surface area contributed by atoms with Crippen molar-refractivity contribution < 1.29 is 23.1 Å². The molecule has 2 rings (SSSR count). The van der Waals surface area contributed by atoms with Crippen LogP contribution in [0.1, 0.15) is 12.5 Å². The highest BCUT2D eigenvalue weighted by Crippen LogP contribution is 2.25. The first-order chi connectivity index (χ1) is 10.4. The number of aliphatic carboxylic acids is 1. The quantitative estimate of drug-likeness (QED) is 0.761. The number of benzene rings is 1. The van der Waals surface area contributed by atoms with Crippen LogP contribution in [-0.4, -0.2) is 49.2 Å². The lowest BCUT2D eigenvalue weighted by atomic mass is 9.99. The number of hydrogen-bond acceptors (Lipinski definition) is 4. The van der Waals surface area contributed by atoms with Crippen LogP contribution in [0.4, 0.5) is 0 Å². The number of carbonyl (C=O) groups is 1. The zero-order valence-electron chi connectivity index (χ0n) is 12.5. The summed E-state index contributed by atoms with van der Waals surface area (Å²) in [6.45, 7) is 2.54. The van der Waals surface area contributed by atoms with E-state index in [0.29, 0.717) is 6.61 Å². The molecule has 1 heterocycles. The maximum absolute atomic E-state index is 12.2. The van der Waals surface area contributed by atoms with E-state index in [-0.39, 0.29) is 31.4 Å². The lowest BCUT2D eigenvalue weighted by molar-refractivity contribution is -0.142. The van der Waals surface area contributed by atoms with Gasteiger partial charge in [-0.1, -0.05) is 37.3 Å². The van der Waals surface area contributed by atoms with Crippen molar-refractivity contribution in [3.8, 4) is 0 Å². The molecule has 1 N–H and O–H groups in total. The molecule has 0 aromatic heterocycles. The van der Waals surface area contributed by atoms with Gasteiger partial charge in [-0.3, -0.25) is 4.79 Å². The topological polar surface area (TPSA) is 83.9 Å². The first-order valence-corrected chi connectivity index (χ1v) is 8.83.